The Morgan fingerprint density at radius 1 is 1.00 bits per heavy atom. The summed E-state index contributed by atoms with van der Waals surface area (Å²) in [6.07, 6.45) is 1.03. The minimum atomic E-state index is -0.534. The van der Waals surface area contributed by atoms with Crippen LogP contribution in [0.5, 0.6) is 5.75 Å². The fourth-order valence-electron chi connectivity index (χ4n) is 3.83. The van der Waals surface area contributed by atoms with Crippen LogP contribution in [0.25, 0.3) is 21.3 Å². The van der Waals surface area contributed by atoms with Crippen molar-refractivity contribution in [3.63, 3.8) is 0 Å². The molecule has 0 radical (unpaired) electrons. The minimum absolute atomic E-state index is 0.0532. The van der Waals surface area contributed by atoms with E-state index in [0.29, 0.717) is 24.2 Å². The third kappa shape index (κ3) is 5.34. The van der Waals surface area contributed by atoms with Crippen LogP contribution in [-0.2, 0) is 16.1 Å². The summed E-state index contributed by atoms with van der Waals surface area (Å²) in [6.45, 7) is 7.35. The molecular formula is C28H27NO4S. The molecule has 4 rings (SSSR count). The van der Waals surface area contributed by atoms with Crippen molar-refractivity contribution in [1.29, 1.82) is 0 Å². The fourth-order valence-corrected chi connectivity index (χ4v) is 5.04. The molecule has 0 saturated heterocycles. The van der Waals surface area contributed by atoms with Crippen molar-refractivity contribution in [2.75, 3.05) is 0 Å². The minimum Gasteiger partial charge on any atom is -0.294 e. The molecule has 0 bridgehead atoms. The highest BCUT2D eigenvalue weighted by Gasteiger charge is 2.18. The van der Waals surface area contributed by atoms with Gasteiger partial charge in [0.15, 0.2) is 11.5 Å². The van der Waals surface area contributed by atoms with Gasteiger partial charge in [0.2, 0.25) is 0 Å². The van der Waals surface area contributed by atoms with Crippen LogP contribution in [-0.4, -0.2) is 16.7 Å². The van der Waals surface area contributed by atoms with Gasteiger partial charge in [0.25, 0.3) is 0 Å². The van der Waals surface area contributed by atoms with Gasteiger partial charge in [-0.05, 0) is 59.9 Å². The molecule has 1 heterocycles. The van der Waals surface area contributed by atoms with Crippen LogP contribution in [0, 0.1) is 6.92 Å². The third-order valence-electron chi connectivity index (χ3n) is 5.60. The van der Waals surface area contributed by atoms with Gasteiger partial charge in [-0.25, -0.2) is 9.78 Å². The zero-order chi connectivity index (χ0) is 24.2. The van der Waals surface area contributed by atoms with Crippen molar-refractivity contribution in [3.05, 3.63) is 82.4 Å². The number of hydrogen-bond acceptors (Lipinski definition) is 6. The molecule has 0 atom stereocenters. The largest absolute Gasteiger partial charge is 0.352 e. The lowest BCUT2D eigenvalue weighted by atomic mass is 10.0. The SMILES string of the molecule is CC(=O)OOc1ccc(C(=O)CCc2sc(-c3ccc4ccccc4c3)nc2C(C)C)cc1C. The standard InChI is InChI=1S/C28H27NO4S/c1-17(2)27-26(34-28(29-27)23-10-9-20-7-5-6-8-21(20)16-23)14-12-24(31)22-11-13-25(18(3)15-22)33-32-19(4)30/h5-11,13,15-17H,12,14H2,1-4H3. The van der Waals surface area contributed by atoms with E-state index in [-0.39, 0.29) is 11.7 Å². The molecule has 0 spiro atoms. The highest BCUT2D eigenvalue weighted by atomic mass is 32.1. The molecule has 0 N–H and O–H groups in total. The van der Waals surface area contributed by atoms with Gasteiger partial charge < -0.3 is 0 Å². The van der Waals surface area contributed by atoms with E-state index in [1.54, 1.807) is 29.5 Å². The number of rotatable bonds is 8. The molecule has 0 fully saturated rings. The Labute approximate surface area is 203 Å². The number of carbonyl (C=O) groups is 2. The monoisotopic (exact) mass is 473 g/mol. The molecule has 0 unspecified atom stereocenters. The predicted octanol–water partition coefficient (Wildman–Crippen LogP) is 7.07. The Balaban J connectivity index is 1.51. The van der Waals surface area contributed by atoms with E-state index in [4.69, 9.17) is 9.87 Å². The number of thiazole rings is 1. The first-order valence-electron chi connectivity index (χ1n) is 11.3. The molecule has 3 aromatic carbocycles. The lowest BCUT2D eigenvalue weighted by molar-refractivity contribution is -0.211. The first-order valence-corrected chi connectivity index (χ1v) is 12.1. The van der Waals surface area contributed by atoms with Gasteiger partial charge in [-0.1, -0.05) is 50.2 Å². The molecule has 174 valence electrons. The maximum atomic E-state index is 12.9. The van der Waals surface area contributed by atoms with Gasteiger partial charge in [0.1, 0.15) is 5.01 Å². The van der Waals surface area contributed by atoms with Gasteiger partial charge in [0, 0.05) is 29.3 Å². The normalized spacial score (nSPS) is 11.1. The van der Waals surface area contributed by atoms with Crippen molar-refractivity contribution in [2.24, 2.45) is 0 Å². The topological polar surface area (TPSA) is 65.5 Å². The van der Waals surface area contributed by atoms with Crippen LogP contribution in [0.15, 0.2) is 60.7 Å². The van der Waals surface area contributed by atoms with E-state index in [9.17, 15) is 9.59 Å². The fraction of sp³-hybridized carbons (Fsp3) is 0.250. The smallest absolute Gasteiger partial charge is 0.294 e. The first kappa shape index (κ1) is 23.6. The van der Waals surface area contributed by atoms with E-state index in [0.717, 1.165) is 26.7 Å². The zero-order valence-corrected chi connectivity index (χ0v) is 20.6. The van der Waals surface area contributed by atoms with E-state index in [2.05, 4.69) is 49.1 Å². The van der Waals surface area contributed by atoms with E-state index < -0.39 is 5.97 Å². The van der Waals surface area contributed by atoms with Gasteiger partial charge >= 0.3 is 5.97 Å². The molecule has 0 aliphatic carbocycles. The summed E-state index contributed by atoms with van der Waals surface area (Å²) in [5.74, 6) is 0.206. The molecule has 6 heteroatoms. The molecule has 34 heavy (non-hydrogen) atoms. The number of hydrogen-bond donors (Lipinski definition) is 0. The molecule has 0 amide bonds. The summed E-state index contributed by atoms with van der Waals surface area (Å²) in [6, 6.07) is 19.8. The van der Waals surface area contributed by atoms with Crippen molar-refractivity contribution in [3.8, 4) is 16.3 Å². The highest BCUT2D eigenvalue weighted by molar-refractivity contribution is 7.15. The quantitative estimate of drug-likeness (QED) is 0.156. The van der Waals surface area contributed by atoms with E-state index in [1.165, 1.54) is 17.7 Å². The van der Waals surface area contributed by atoms with Gasteiger partial charge in [-0.3, -0.25) is 14.6 Å². The number of aryl methyl sites for hydroxylation is 2. The molecule has 4 aromatic rings. The summed E-state index contributed by atoms with van der Waals surface area (Å²) >= 11 is 1.67. The lowest BCUT2D eigenvalue weighted by Gasteiger charge is -2.08. The van der Waals surface area contributed by atoms with Crippen molar-refractivity contribution in [1.82, 2.24) is 4.98 Å². The summed E-state index contributed by atoms with van der Waals surface area (Å²) in [5.41, 5.74) is 3.49. The average molecular weight is 474 g/mol. The van der Waals surface area contributed by atoms with Crippen LogP contribution in [0.4, 0.5) is 0 Å². The Kier molecular flexibility index (Phi) is 7.08. The summed E-state index contributed by atoms with van der Waals surface area (Å²) in [5, 5.41) is 3.38. The molecule has 0 saturated carbocycles. The van der Waals surface area contributed by atoms with Gasteiger partial charge in [-0.2, -0.15) is 0 Å². The number of benzene rings is 3. The summed E-state index contributed by atoms with van der Waals surface area (Å²) in [7, 11) is 0. The van der Waals surface area contributed by atoms with Crippen molar-refractivity contribution < 1.29 is 19.4 Å². The lowest BCUT2D eigenvalue weighted by Crippen LogP contribution is -2.06. The first-order chi connectivity index (χ1) is 16.3. The van der Waals surface area contributed by atoms with Gasteiger partial charge in [0.05, 0.1) is 5.69 Å². The van der Waals surface area contributed by atoms with E-state index in [1.807, 2.05) is 19.1 Å². The number of carbonyl (C=O) groups excluding carboxylic acids is 2. The number of fused-ring (bicyclic) bond motifs is 1. The van der Waals surface area contributed by atoms with Crippen LogP contribution >= 0.6 is 11.3 Å². The summed E-state index contributed by atoms with van der Waals surface area (Å²) < 4.78 is 0. The second kappa shape index (κ2) is 10.2. The van der Waals surface area contributed by atoms with Crippen LogP contribution in [0.1, 0.15) is 59.6 Å². The number of ketones is 1. The number of nitrogens with zero attached hydrogens (tertiary/aromatic N) is 1. The molecule has 0 aliphatic heterocycles. The predicted molar refractivity (Wildman–Crippen MR) is 135 cm³/mol. The third-order valence-corrected chi connectivity index (χ3v) is 6.78. The average Bonchev–Trinajstić information content (AvgIpc) is 3.26. The molecule has 1 aromatic heterocycles. The second-order valence-corrected chi connectivity index (χ2v) is 9.69. The molecule has 0 aliphatic rings. The van der Waals surface area contributed by atoms with Crippen LogP contribution in [0.3, 0.4) is 0 Å². The Hall–Kier alpha value is -3.51. The highest BCUT2D eigenvalue weighted by Crippen LogP contribution is 2.34. The maximum absolute atomic E-state index is 12.9. The second-order valence-electron chi connectivity index (χ2n) is 8.61. The Morgan fingerprint density at radius 3 is 2.47 bits per heavy atom. The van der Waals surface area contributed by atoms with Crippen molar-refractivity contribution in [2.45, 2.75) is 46.5 Å². The number of aromatic nitrogens is 1. The van der Waals surface area contributed by atoms with Crippen LogP contribution < -0.4 is 4.89 Å². The Bertz CT molecular complexity index is 1360. The van der Waals surface area contributed by atoms with E-state index >= 15 is 0 Å². The maximum Gasteiger partial charge on any atom is 0.352 e. The molecular weight excluding hydrogens is 446 g/mol. The van der Waals surface area contributed by atoms with Gasteiger partial charge in [-0.15, -0.1) is 11.3 Å². The number of Topliss-reactive ketones (excluding diaryl/α,β-unsaturated/α-hetero) is 1. The van der Waals surface area contributed by atoms with Crippen LogP contribution in [0.2, 0.25) is 0 Å². The van der Waals surface area contributed by atoms with Crippen molar-refractivity contribution >= 4 is 33.9 Å². The summed E-state index contributed by atoms with van der Waals surface area (Å²) in [4.78, 5) is 39.5. The molecule has 5 nitrogen and oxygen atoms in total. The zero-order valence-electron chi connectivity index (χ0n) is 19.8. The Morgan fingerprint density at radius 2 is 1.76 bits per heavy atom.